The number of aryl methyl sites for hydroxylation is 1. The molecule has 0 saturated carbocycles. The molecular formula is C23H23NO7. The molecule has 0 radical (unpaired) electrons. The molecule has 8 nitrogen and oxygen atoms in total. The molecule has 0 atom stereocenters. The summed E-state index contributed by atoms with van der Waals surface area (Å²) in [5.74, 6) is -1.80. The molecule has 1 heterocycles. The first kappa shape index (κ1) is 21.9. The van der Waals surface area contributed by atoms with E-state index in [9.17, 15) is 24.6 Å². The van der Waals surface area contributed by atoms with E-state index in [1.807, 2.05) is 6.92 Å². The van der Waals surface area contributed by atoms with E-state index in [4.69, 9.17) is 9.15 Å². The summed E-state index contributed by atoms with van der Waals surface area (Å²) in [5, 5.41) is 22.6. The van der Waals surface area contributed by atoms with Crippen molar-refractivity contribution >= 4 is 28.5 Å². The first-order valence-corrected chi connectivity index (χ1v) is 9.86. The maximum Gasteiger partial charge on any atom is 0.340 e. The van der Waals surface area contributed by atoms with Crippen molar-refractivity contribution in [2.45, 2.75) is 33.1 Å². The molecule has 8 heteroatoms. The number of phenolic OH excluding ortho intramolecular Hbond substituents is 2. The van der Waals surface area contributed by atoms with Gasteiger partial charge in [0.2, 0.25) is 11.7 Å². The number of fused-ring (bicyclic) bond motifs is 1. The Morgan fingerprint density at radius 3 is 2.48 bits per heavy atom. The predicted octanol–water partition coefficient (Wildman–Crippen LogP) is 3.65. The van der Waals surface area contributed by atoms with Crippen LogP contribution in [-0.4, -0.2) is 28.7 Å². The lowest BCUT2D eigenvalue weighted by Gasteiger charge is -2.10. The van der Waals surface area contributed by atoms with Gasteiger partial charge in [-0.1, -0.05) is 13.3 Å². The largest absolute Gasteiger partial charge is 0.504 e. The highest BCUT2D eigenvalue weighted by atomic mass is 16.5. The van der Waals surface area contributed by atoms with Gasteiger partial charge in [0.1, 0.15) is 0 Å². The predicted molar refractivity (Wildman–Crippen MR) is 115 cm³/mol. The van der Waals surface area contributed by atoms with Gasteiger partial charge < -0.3 is 24.7 Å². The minimum atomic E-state index is -0.772. The summed E-state index contributed by atoms with van der Waals surface area (Å²) in [6.07, 6.45) is 1.48. The number of unbranched alkanes of at least 4 members (excludes halogenated alkanes) is 1. The number of phenols is 2. The molecule has 0 fully saturated rings. The molecule has 31 heavy (non-hydrogen) atoms. The van der Waals surface area contributed by atoms with Gasteiger partial charge in [-0.2, -0.15) is 0 Å². The van der Waals surface area contributed by atoms with Gasteiger partial charge in [-0.05, 0) is 55.3 Å². The van der Waals surface area contributed by atoms with Gasteiger partial charge in [-0.25, -0.2) is 9.59 Å². The molecule has 0 aliphatic carbocycles. The second-order valence-corrected chi connectivity index (χ2v) is 7.09. The minimum Gasteiger partial charge on any atom is -0.504 e. The molecule has 3 rings (SSSR count). The molecule has 0 unspecified atom stereocenters. The molecule has 2 aromatic carbocycles. The Hall–Kier alpha value is -3.81. The molecule has 3 aromatic rings. The van der Waals surface area contributed by atoms with Gasteiger partial charge in [0.05, 0.1) is 24.2 Å². The smallest absolute Gasteiger partial charge is 0.340 e. The third-order valence-electron chi connectivity index (χ3n) is 4.88. The van der Waals surface area contributed by atoms with E-state index in [0.717, 1.165) is 12.8 Å². The van der Waals surface area contributed by atoms with E-state index in [0.29, 0.717) is 28.8 Å². The van der Waals surface area contributed by atoms with Crippen LogP contribution >= 0.6 is 0 Å². The fourth-order valence-electron chi connectivity index (χ4n) is 3.08. The lowest BCUT2D eigenvalue weighted by molar-refractivity contribution is -0.115. The van der Waals surface area contributed by atoms with Crippen LogP contribution in [0.3, 0.4) is 0 Å². The maximum absolute atomic E-state index is 12.5. The number of anilines is 1. The number of aromatic hydroxyl groups is 2. The number of hydrogen-bond acceptors (Lipinski definition) is 7. The van der Waals surface area contributed by atoms with E-state index >= 15 is 0 Å². The molecule has 0 bridgehead atoms. The zero-order valence-corrected chi connectivity index (χ0v) is 17.2. The molecule has 0 saturated heterocycles. The molecule has 3 N–H and O–H groups in total. The SMILES string of the molecule is CCCCOC(=O)c1ccc(NC(=O)Cc2c(C)c3ccc(O)c(O)c3oc2=O)cc1. The number of amides is 1. The van der Waals surface area contributed by atoms with Crippen LogP contribution < -0.4 is 10.9 Å². The van der Waals surface area contributed by atoms with Gasteiger partial charge in [-0.3, -0.25) is 4.79 Å². The van der Waals surface area contributed by atoms with Crippen molar-refractivity contribution in [2.75, 3.05) is 11.9 Å². The Balaban J connectivity index is 1.72. The summed E-state index contributed by atoms with van der Waals surface area (Å²) in [7, 11) is 0. The van der Waals surface area contributed by atoms with Gasteiger partial charge in [0, 0.05) is 11.1 Å². The van der Waals surface area contributed by atoms with Crippen molar-refractivity contribution in [2.24, 2.45) is 0 Å². The highest BCUT2D eigenvalue weighted by molar-refractivity contribution is 5.95. The molecule has 0 aliphatic heterocycles. The molecular weight excluding hydrogens is 402 g/mol. The van der Waals surface area contributed by atoms with Gasteiger partial charge in [0.25, 0.3) is 0 Å². The Morgan fingerprint density at radius 2 is 1.81 bits per heavy atom. The summed E-state index contributed by atoms with van der Waals surface area (Å²) in [5.41, 5.74) is 0.552. The van der Waals surface area contributed by atoms with Crippen LogP contribution in [0.25, 0.3) is 11.0 Å². The van der Waals surface area contributed by atoms with Crippen LogP contribution in [0, 0.1) is 6.92 Å². The number of ether oxygens (including phenoxy) is 1. The van der Waals surface area contributed by atoms with Crippen molar-refractivity contribution in [3.05, 3.63) is 63.5 Å². The average molecular weight is 425 g/mol. The van der Waals surface area contributed by atoms with Crippen molar-refractivity contribution in [3.8, 4) is 11.5 Å². The van der Waals surface area contributed by atoms with E-state index in [2.05, 4.69) is 5.32 Å². The van der Waals surface area contributed by atoms with E-state index in [1.54, 1.807) is 31.2 Å². The van der Waals surface area contributed by atoms with Crippen LogP contribution in [0.2, 0.25) is 0 Å². The highest BCUT2D eigenvalue weighted by Crippen LogP contribution is 2.34. The van der Waals surface area contributed by atoms with E-state index in [-0.39, 0.29) is 17.6 Å². The normalized spacial score (nSPS) is 10.8. The molecule has 162 valence electrons. The van der Waals surface area contributed by atoms with Gasteiger partial charge >= 0.3 is 11.6 Å². The lowest BCUT2D eigenvalue weighted by atomic mass is 10.0. The Morgan fingerprint density at radius 1 is 1.10 bits per heavy atom. The first-order chi connectivity index (χ1) is 14.8. The van der Waals surface area contributed by atoms with Crippen molar-refractivity contribution in [3.63, 3.8) is 0 Å². The van der Waals surface area contributed by atoms with Gasteiger partial charge in [0.15, 0.2) is 11.3 Å². The third-order valence-corrected chi connectivity index (χ3v) is 4.88. The topological polar surface area (TPSA) is 126 Å². The van der Waals surface area contributed by atoms with Crippen LogP contribution in [0.15, 0.2) is 45.6 Å². The number of carbonyl (C=O) groups is 2. The van der Waals surface area contributed by atoms with Crippen LogP contribution in [0.5, 0.6) is 11.5 Å². The molecule has 1 amide bonds. The molecule has 0 aliphatic rings. The maximum atomic E-state index is 12.5. The van der Waals surface area contributed by atoms with Crippen molar-refractivity contribution < 1.29 is 29.0 Å². The summed E-state index contributed by atoms with van der Waals surface area (Å²) in [4.78, 5) is 36.7. The number of rotatable bonds is 7. The second kappa shape index (κ2) is 9.34. The zero-order valence-electron chi connectivity index (χ0n) is 17.2. The summed E-state index contributed by atoms with van der Waals surface area (Å²) >= 11 is 0. The van der Waals surface area contributed by atoms with E-state index < -0.39 is 29.0 Å². The second-order valence-electron chi connectivity index (χ2n) is 7.09. The number of benzene rings is 2. The third kappa shape index (κ3) is 4.85. The Labute approximate surface area is 178 Å². The standard InChI is InChI=1S/C23H23NO7/c1-3-4-11-30-22(28)14-5-7-15(8-6-14)24-19(26)12-17-13(2)16-9-10-18(25)20(27)21(16)31-23(17)29/h5-10,25,27H,3-4,11-12H2,1-2H3,(H,24,26). The van der Waals surface area contributed by atoms with Gasteiger partial charge in [-0.15, -0.1) is 0 Å². The highest BCUT2D eigenvalue weighted by Gasteiger charge is 2.18. The number of nitrogens with one attached hydrogen (secondary N) is 1. The fourth-order valence-corrected chi connectivity index (χ4v) is 3.08. The minimum absolute atomic E-state index is 0.131. The monoisotopic (exact) mass is 425 g/mol. The fraction of sp³-hybridized carbons (Fsp3) is 0.261. The van der Waals surface area contributed by atoms with Crippen LogP contribution in [0.4, 0.5) is 5.69 Å². The van der Waals surface area contributed by atoms with Crippen molar-refractivity contribution in [1.29, 1.82) is 0 Å². The molecule has 0 spiro atoms. The Bertz CT molecular complexity index is 1180. The van der Waals surface area contributed by atoms with Crippen LogP contribution in [-0.2, 0) is 16.0 Å². The average Bonchev–Trinajstić information content (AvgIpc) is 2.74. The van der Waals surface area contributed by atoms with Crippen LogP contribution in [0.1, 0.15) is 41.3 Å². The number of carbonyl (C=O) groups excluding carboxylic acids is 2. The molecule has 1 aromatic heterocycles. The Kier molecular flexibility index (Phi) is 6.59. The zero-order chi connectivity index (χ0) is 22.5. The van der Waals surface area contributed by atoms with Crippen molar-refractivity contribution in [1.82, 2.24) is 0 Å². The summed E-state index contributed by atoms with van der Waals surface area (Å²) < 4.78 is 10.3. The summed E-state index contributed by atoms with van der Waals surface area (Å²) in [6, 6.07) is 9.03. The first-order valence-electron chi connectivity index (χ1n) is 9.86. The summed E-state index contributed by atoms with van der Waals surface area (Å²) in [6.45, 7) is 4.00. The van der Waals surface area contributed by atoms with E-state index in [1.165, 1.54) is 12.1 Å². The number of esters is 1. The number of hydrogen-bond donors (Lipinski definition) is 3. The quantitative estimate of drug-likeness (QED) is 0.228. The lowest BCUT2D eigenvalue weighted by Crippen LogP contribution is -2.20.